The van der Waals surface area contributed by atoms with Gasteiger partial charge in [-0.3, -0.25) is 5.43 Å². The monoisotopic (exact) mass is 413 g/mol. The molecular formula is C21H14Cl3N3. The Labute approximate surface area is 172 Å². The van der Waals surface area contributed by atoms with Crippen LogP contribution >= 0.6 is 34.8 Å². The van der Waals surface area contributed by atoms with Crippen molar-refractivity contribution in [1.82, 2.24) is 0 Å². The van der Waals surface area contributed by atoms with Crippen LogP contribution in [0.5, 0.6) is 0 Å². The molecule has 1 unspecified atom stereocenters. The first-order valence-corrected chi connectivity index (χ1v) is 9.20. The van der Waals surface area contributed by atoms with Gasteiger partial charge < -0.3 is 0 Å². The maximum absolute atomic E-state index is 9.65. The number of nitrogens with zero attached hydrogens (tertiary/aromatic N) is 2. The summed E-state index contributed by atoms with van der Waals surface area (Å²) in [5, 5.41) is 15.2. The number of hydrogen-bond acceptors (Lipinski definition) is 3. The lowest BCUT2D eigenvalue weighted by molar-refractivity contribution is 1.04. The molecule has 0 amide bonds. The molecule has 27 heavy (non-hydrogen) atoms. The Hall–Kier alpha value is -2.51. The zero-order chi connectivity index (χ0) is 19.2. The molecule has 0 aliphatic rings. The van der Waals surface area contributed by atoms with Crippen molar-refractivity contribution in [2.45, 2.75) is 5.92 Å². The largest absolute Gasteiger partial charge is 0.278 e. The number of rotatable bonds is 5. The van der Waals surface area contributed by atoms with Crippen molar-refractivity contribution in [3.8, 4) is 6.07 Å². The summed E-state index contributed by atoms with van der Waals surface area (Å²) in [6, 6.07) is 22.4. The first kappa shape index (κ1) is 19.3. The molecule has 0 spiro atoms. The summed E-state index contributed by atoms with van der Waals surface area (Å²) in [6.45, 7) is 0. The Morgan fingerprint density at radius 3 is 2.15 bits per heavy atom. The van der Waals surface area contributed by atoms with E-state index < -0.39 is 5.92 Å². The number of halogens is 3. The van der Waals surface area contributed by atoms with Crippen LogP contribution in [0.15, 0.2) is 71.8 Å². The molecule has 0 saturated heterocycles. The summed E-state index contributed by atoms with van der Waals surface area (Å²) in [7, 11) is 0. The van der Waals surface area contributed by atoms with E-state index in [0.717, 1.165) is 11.1 Å². The first-order chi connectivity index (χ1) is 13.1. The van der Waals surface area contributed by atoms with Crippen LogP contribution in [0, 0.1) is 11.3 Å². The molecule has 3 aromatic rings. The summed E-state index contributed by atoms with van der Waals surface area (Å²) < 4.78 is 0. The zero-order valence-electron chi connectivity index (χ0n) is 14.0. The van der Waals surface area contributed by atoms with Gasteiger partial charge in [-0.05, 0) is 35.4 Å². The number of benzene rings is 3. The highest BCUT2D eigenvalue weighted by Crippen LogP contribution is 2.38. The van der Waals surface area contributed by atoms with E-state index in [0.29, 0.717) is 26.3 Å². The molecule has 0 aliphatic carbocycles. The van der Waals surface area contributed by atoms with E-state index in [9.17, 15) is 5.26 Å². The summed E-state index contributed by atoms with van der Waals surface area (Å²) in [6.07, 6.45) is 1.70. The highest BCUT2D eigenvalue weighted by molar-refractivity contribution is 6.36. The molecule has 1 atom stereocenters. The van der Waals surface area contributed by atoms with Crippen molar-refractivity contribution in [3.05, 3.63) is 98.5 Å². The predicted octanol–water partition coefficient (Wildman–Crippen LogP) is 6.75. The molecule has 0 heterocycles. The van der Waals surface area contributed by atoms with Gasteiger partial charge in [0.15, 0.2) is 0 Å². The molecule has 0 bridgehead atoms. The molecule has 3 nitrogen and oxygen atoms in total. The minimum Gasteiger partial charge on any atom is -0.278 e. The van der Waals surface area contributed by atoms with Gasteiger partial charge >= 0.3 is 0 Å². The quantitative estimate of drug-likeness (QED) is 0.371. The maximum atomic E-state index is 9.65. The van der Waals surface area contributed by atoms with Gasteiger partial charge in [0.2, 0.25) is 0 Å². The summed E-state index contributed by atoms with van der Waals surface area (Å²) >= 11 is 18.8. The van der Waals surface area contributed by atoms with E-state index in [-0.39, 0.29) is 0 Å². The Balaban J connectivity index is 1.85. The average Bonchev–Trinajstić information content (AvgIpc) is 2.66. The van der Waals surface area contributed by atoms with Gasteiger partial charge in [-0.15, -0.1) is 0 Å². The topological polar surface area (TPSA) is 48.2 Å². The van der Waals surface area contributed by atoms with Crippen molar-refractivity contribution >= 4 is 46.7 Å². The molecule has 6 heteroatoms. The molecule has 0 radical (unpaired) electrons. The highest BCUT2D eigenvalue weighted by Gasteiger charge is 2.20. The van der Waals surface area contributed by atoms with Crippen LogP contribution in [0.3, 0.4) is 0 Å². The lowest BCUT2D eigenvalue weighted by atomic mass is 9.92. The fraction of sp³-hybridized carbons (Fsp3) is 0.0476. The fourth-order valence-electron chi connectivity index (χ4n) is 2.61. The van der Waals surface area contributed by atoms with Gasteiger partial charge in [-0.2, -0.15) is 10.4 Å². The third-order valence-corrected chi connectivity index (χ3v) is 4.78. The van der Waals surface area contributed by atoms with Crippen LogP contribution in [-0.2, 0) is 0 Å². The van der Waals surface area contributed by atoms with Crippen LogP contribution in [0.1, 0.15) is 22.6 Å². The lowest BCUT2D eigenvalue weighted by Crippen LogP contribution is -2.01. The van der Waals surface area contributed by atoms with Gasteiger partial charge in [0.1, 0.15) is 0 Å². The van der Waals surface area contributed by atoms with E-state index in [4.69, 9.17) is 34.8 Å². The second-order valence-electron chi connectivity index (χ2n) is 5.75. The molecule has 1 N–H and O–H groups in total. The van der Waals surface area contributed by atoms with Gasteiger partial charge in [0.25, 0.3) is 0 Å². The smallest absolute Gasteiger partial charge is 0.0991 e. The molecule has 0 saturated carbocycles. The lowest BCUT2D eigenvalue weighted by Gasteiger charge is -2.15. The van der Waals surface area contributed by atoms with Crippen LogP contribution in [0.4, 0.5) is 5.69 Å². The second kappa shape index (κ2) is 8.92. The molecule has 134 valence electrons. The summed E-state index contributed by atoms with van der Waals surface area (Å²) in [5.41, 5.74) is 5.83. The van der Waals surface area contributed by atoms with E-state index in [1.165, 1.54) is 0 Å². The van der Waals surface area contributed by atoms with E-state index in [2.05, 4.69) is 16.6 Å². The van der Waals surface area contributed by atoms with Crippen LogP contribution in [0.2, 0.25) is 15.1 Å². The van der Waals surface area contributed by atoms with Crippen molar-refractivity contribution in [2.75, 3.05) is 5.43 Å². The second-order valence-corrected chi connectivity index (χ2v) is 7.00. The molecule has 3 aromatic carbocycles. The molecular weight excluding hydrogens is 401 g/mol. The first-order valence-electron chi connectivity index (χ1n) is 8.06. The Bertz CT molecular complexity index is 970. The van der Waals surface area contributed by atoms with E-state index in [1.54, 1.807) is 42.6 Å². The Morgan fingerprint density at radius 1 is 0.926 bits per heavy atom. The van der Waals surface area contributed by atoms with E-state index in [1.807, 2.05) is 30.3 Å². The Kier molecular flexibility index (Phi) is 6.36. The fourth-order valence-corrected chi connectivity index (χ4v) is 3.44. The van der Waals surface area contributed by atoms with Crippen LogP contribution < -0.4 is 5.43 Å². The van der Waals surface area contributed by atoms with Gasteiger partial charge in [0.05, 0.1) is 23.9 Å². The molecule has 0 aromatic heterocycles. The normalized spacial score (nSPS) is 11.9. The summed E-state index contributed by atoms with van der Waals surface area (Å²) in [5.74, 6) is -0.593. The van der Waals surface area contributed by atoms with Crippen molar-refractivity contribution in [3.63, 3.8) is 0 Å². The number of anilines is 1. The Morgan fingerprint density at radius 2 is 1.56 bits per heavy atom. The zero-order valence-corrected chi connectivity index (χ0v) is 16.3. The number of hydrogen-bond donors (Lipinski definition) is 1. The highest BCUT2D eigenvalue weighted by atomic mass is 35.5. The number of nitrogens with one attached hydrogen (secondary N) is 1. The van der Waals surface area contributed by atoms with Crippen molar-refractivity contribution in [2.24, 2.45) is 5.10 Å². The standard InChI is InChI=1S/C21H14Cl3N3/c22-16-8-6-15(7-9-16)18(12-25)21-19(23)10-17(11-20(21)24)27-26-13-14-4-2-1-3-5-14/h1-11,13,18,27H. The third-order valence-electron chi connectivity index (χ3n) is 3.91. The predicted molar refractivity (Wildman–Crippen MR) is 113 cm³/mol. The van der Waals surface area contributed by atoms with Crippen LogP contribution in [0.25, 0.3) is 0 Å². The van der Waals surface area contributed by atoms with E-state index >= 15 is 0 Å². The van der Waals surface area contributed by atoms with Gasteiger partial charge in [-0.1, -0.05) is 77.3 Å². The average molecular weight is 415 g/mol. The maximum Gasteiger partial charge on any atom is 0.0991 e. The third kappa shape index (κ3) is 4.81. The number of nitriles is 1. The molecule has 0 fully saturated rings. The van der Waals surface area contributed by atoms with Crippen molar-refractivity contribution in [1.29, 1.82) is 5.26 Å². The minimum absolute atomic E-state index is 0.390. The minimum atomic E-state index is -0.593. The van der Waals surface area contributed by atoms with Crippen molar-refractivity contribution < 1.29 is 0 Å². The van der Waals surface area contributed by atoms with Gasteiger partial charge in [-0.25, -0.2) is 0 Å². The van der Waals surface area contributed by atoms with Gasteiger partial charge in [0, 0.05) is 20.6 Å². The van der Waals surface area contributed by atoms with Crippen LogP contribution in [-0.4, -0.2) is 6.21 Å². The molecule has 3 rings (SSSR count). The molecule has 0 aliphatic heterocycles. The SMILES string of the molecule is N#CC(c1ccc(Cl)cc1)c1c(Cl)cc(NN=Cc2ccccc2)cc1Cl. The number of hydrazone groups is 1. The summed E-state index contributed by atoms with van der Waals surface area (Å²) in [4.78, 5) is 0.